The summed E-state index contributed by atoms with van der Waals surface area (Å²) in [5.74, 6) is -2.82. The molecule has 1 N–H and O–H groups in total. The third-order valence-corrected chi connectivity index (χ3v) is 3.65. The van der Waals surface area contributed by atoms with Gasteiger partial charge in [0.25, 0.3) is 5.72 Å². The SMILES string of the molecule is O=C(N1c2ccccc2-n2cccc2[C@@]1(O)C(F)(F)F)C(F)(F)F. The number of nitrogens with zero attached hydrogens (tertiary/aromatic N) is 2. The Hall–Kier alpha value is -2.49. The van der Waals surface area contributed by atoms with Gasteiger partial charge in [-0.25, -0.2) is 0 Å². The molecule has 1 aromatic carbocycles. The average Bonchev–Trinajstić information content (AvgIpc) is 2.95. The summed E-state index contributed by atoms with van der Waals surface area (Å²) >= 11 is 0. The maximum Gasteiger partial charge on any atom is 0.471 e. The van der Waals surface area contributed by atoms with Crippen LogP contribution < -0.4 is 4.90 Å². The van der Waals surface area contributed by atoms with E-state index in [1.165, 1.54) is 18.2 Å². The minimum Gasteiger partial charge on any atom is -0.358 e. The van der Waals surface area contributed by atoms with Gasteiger partial charge in [-0.1, -0.05) is 12.1 Å². The number of hydrogen-bond acceptors (Lipinski definition) is 2. The zero-order valence-corrected chi connectivity index (χ0v) is 11.6. The van der Waals surface area contributed by atoms with Crippen LogP contribution in [0.1, 0.15) is 5.69 Å². The molecule has 128 valence electrons. The van der Waals surface area contributed by atoms with Gasteiger partial charge in [0.05, 0.1) is 17.1 Å². The molecule has 0 unspecified atom stereocenters. The molecule has 0 bridgehead atoms. The predicted octanol–water partition coefficient (Wildman–Crippen LogP) is 3.09. The van der Waals surface area contributed by atoms with Crippen molar-refractivity contribution >= 4 is 11.6 Å². The molecular formula is C14H8F6N2O2. The summed E-state index contributed by atoms with van der Waals surface area (Å²) in [6, 6.07) is 6.63. The minimum absolute atomic E-state index is 0.0935. The normalized spacial score (nSPS) is 20.5. The van der Waals surface area contributed by atoms with Crippen LogP contribution in [0.2, 0.25) is 0 Å². The highest BCUT2D eigenvalue weighted by atomic mass is 19.4. The summed E-state index contributed by atoms with van der Waals surface area (Å²) in [4.78, 5) is 11.1. The number of aliphatic hydroxyl groups is 1. The van der Waals surface area contributed by atoms with Crippen molar-refractivity contribution in [3.8, 4) is 5.69 Å². The largest absolute Gasteiger partial charge is 0.471 e. The van der Waals surface area contributed by atoms with E-state index in [2.05, 4.69) is 0 Å². The molecule has 1 atom stereocenters. The average molecular weight is 350 g/mol. The number of alkyl halides is 6. The zero-order chi connectivity index (χ0) is 17.9. The number of carbonyl (C=O) groups excluding carboxylic acids is 1. The van der Waals surface area contributed by atoms with Crippen LogP contribution >= 0.6 is 0 Å². The lowest BCUT2D eigenvalue weighted by Crippen LogP contribution is -2.63. The number of rotatable bonds is 0. The van der Waals surface area contributed by atoms with Gasteiger partial charge in [-0.2, -0.15) is 26.3 Å². The molecule has 0 spiro atoms. The highest BCUT2D eigenvalue weighted by molar-refractivity contribution is 6.01. The Morgan fingerprint density at radius 1 is 0.958 bits per heavy atom. The standard InChI is InChI=1S/C14H8F6N2O2/c15-13(16,17)11(23)22-9-5-2-1-4-8(9)21-7-3-6-10(21)12(22,24)14(18,19)20/h1-7,24H/t12-/m1/s1. The smallest absolute Gasteiger partial charge is 0.358 e. The molecule has 0 aliphatic carbocycles. The van der Waals surface area contributed by atoms with Crippen molar-refractivity contribution in [2.75, 3.05) is 4.90 Å². The Labute approximate surface area is 130 Å². The van der Waals surface area contributed by atoms with Gasteiger partial charge in [-0.15, -0.1) is 0 Å². The second-order valence-electron chi connectivity index (χ2n) is 5.06. The van der Waals surface area contributed by atoms with Crippen molar-refractivity contribution in [2.24, 2.45) is 0 Å². The molecule has 0 saturated heterocycles. The molecule has 3 rings (SSSR count). The minimum atomic E-state index is -5.61. The van der Waals surface area contributed by atoms with Gasteiger partial charge in [0, 0.05) is 6.20 Å². The molecule has 4 nitrogen and oxygen atoms in total. The van der Waals surface area contributed by atoms with Gasteiger partial charge in [-0.3, -0.25) is 9.69 Å². The van der Waals surface area contributed by atoms with E-state index < -0.39 is 40.3 Å². The maximum atomic E-state index is 13.5. The van der Waals surface area contributed by atoms with Crippen molar-refractivity contribution in [3.63, 3.8) is 0 Å². The van der Waals surface area contributed by atoms with Gasteiger partial charge >= 0.3 is 18.3 Å². The van der Waals surface area contributed by atoms with Gasteiger partial charge in [0.1, 0.15) is 0 Å². The zero-order valence-electron chi connectivity index (χ0n) is 11.6. The third-order valence-electron chi connectivity index (χ3n) is 3.65. The lowest BCUT2D eigenvalue weighted by molar-refractivity contribution is -0.271. The Balaban J connectivity index is 2.38. The molecule has 24 heavy (non-hydrogen) atoms. The molecule has 2 aromatic rings. The second-order valence-corrected chi connectivity index (χ2v) is 5.06. The highest BCUT2D eigenvalue weighted by Gasteiger charge is 2.67. The fraction of sp³-hybridized carbons (Fsp3) is 0.214. The van der Waals surface area contributed by atoms with Crippen LogP contribution in [0.4, 0.5) is 32.0 Å². The second kappa shape index (κ2) is 4.76. The fourth-order valence-electron chi connectivity index (χ4n) is 2.68. The highest BCUT2D eigenvalue weighted by Crippen LogP contribution is 2.50. The number of fused-ring (bicyclic) bond motifs is 3. The summed E-state index contributed by atoms with van der Waals surface area (Å²) in [6.45, 7) is 0. The topological polar surface area (TPSA) is 45.5 Å². The number of hydrogen-bond donors (Lipinski definition) is 1. The summed E-state index contributed by atoms with van der Waals surface area (Å²) < 4.78 is 80.2. The van der Waals surface area contributed by atoms with Crippen LogP contribution in [0.3, 0.4) is 0 Å². The molecule has 0 radical (unpaired) electrons. The Kier molecular flexibility index (Phi) is 3.24. The first-order chi connectivity index (χ1) is 11.0. The lowest BCUT2D eigenvalue weighted by atomic mass is 10.0. The number of amides is 1. The molecular weight excluding hydrogens is 342 g/mol. The van der Waals surface area contributed by atoms with Crippen LogP contribution in [-0.4, -0.2) is 27.9 Å². The number of benzene rings is 1. The van der Waals surface area contributed by atoms with Gasteiger partial charge in [0.15, 0.2) is 0 Å². The van der Waals surface area contributed by atoms with E-state index in [1.54, 1.807) is 0 Å². The van der Waals surface area contributed by atoms with Crippen molar-refractivity contribution in [3.05, 3.63) is 48.3 Å². The van der Waals surface area contributed by atoms with Crippen LogP contribution in [0, 0.1) is 0 Å². The number of aromatic nitrogens is 1. The summed E-state index contributed by atoms with van der Waals surface area (Å²) in [5.41, 5.74) is -5.86. The van der Waals surface area contributed by atoms with Crippen molar-refractivity contribution in [1.29, 1.82) is 0 Å². The number of halogens is 6. The monoisotopic (exact) mass is 350 g/mol. The van der Waals surface area contributed by atoms with E-state index in [0.29, 0.717) is 0 Å². The van der Waals surface area contributed by atoms with Crippen molar-refractivity contribution in [2.45, 2.75) is 18.1 Å². The number of para-hydroxylation sites is 2. The first-order valence-electron chi connectivity index (χ1n) is 6.47. The number of anilines is 1. The van der Waals surface area contributed by atoms with Crippen LogP contribution in [0.5, 0.6) is 0 Å². The molecule has 0 fully saturated rings. The fourth-order valence-corrected chi connectivity index (χ4v) is 2.68. The molecule has 2 heterocycles. The van der Waals surface area contributed by atoms with Crippen molar-refractivity contribution in [1.82, 2.24) is 4.57 Å². The van der Waals surface area contributed by atoms with Gasteiger partial charge in [0.2, 0.25) is 0 Å². The van der Waals surface area contributed by atoms with E-state index in [4.69, 9.17) is 0 Å². The maximum absolute atomic E-state index is 13.5. The van der Waals surface area contributed by atoms with E-state index >= 15 is 0 Å². The molecule has 1 aliphatic rings. The van der Waals surface area contributed by atoms with E-state index in [0.717, 1.165) is 29.0 Å². The van der Waals surface area contributed by atoms with Crippen LogP contribution in [0.15, 0.2) is 42.6 Å². The third kappa shape index (κ3) is 2.02. The van der Waals surface area contributed by atoms with Gasteiger partial charge < -0.3 is 9.67 Å². The summed E-state index contributed by atoms with van der Waals surface area (Å²) in [7, 11) is 0. The summed E-state index contributed by atoms with van der Waals surface area (Å²) in [5, 5.41) is 10.2. The predicted molar refractivity (Wildman–Crippen MR) is 69.3 cm³/mol. The Morgan fingerprint density at radius 2 is 1.54 bits per heavy atom. The molecule has 1 aliphatic heterocycles. The Bertz CT molecular complexity index is 810. The van der Waals surface area contributed by atoms with Crippen LogP contribution in [-0.2, 0) is 10.5 Å². The molecule has 1 amide bonds. The molecule has 10 heteroatoms. The number of carbonyl (C=O) groups is 1. The quantitative estimate of drug-likeness (QED) is 0.742. The lowest BCUT2D eigenvalue weighted by Gasteiger charge is -2.44. The summed E-state index contributed by atoms with van der Waals surface area (Å²) in [6.07, 6.45) is -10.0. The van der Waals surface area contributed by atoms with Crippen LogP contribution in [0.25, 0.3) is 5.69 Å². The van der Waals surface area contributed by atoms with Crippen molar-refractivity contribution < 1.29 is 36.2 Å². The van der Waals surface area contributed by atoms with E-state index in [1.807, 2.05) is 0 Å². The first-order valence-corrected chi connectivity index (χ1v) is 6.47. The molecule has 0 saturated carbocycles. The van der Waals surface area contributed by atoms with Gasteiger partial charge in [-0.05, 0) is 24.3 Å². The first kappa shape index (κ1) is 16.4. The molecule has 1 aromatic heterocycles. The van der Waals surface area contributed by atoms with E-state index in [-0.39, 0.29) is 5.69 Å². The van der Waals surface area contributed by atoms with E-state index in [9.17, 15) is 36.2 Å². The Morgan fingerprint density at radius 3 is 2.08 bits per heavy atom.